The highest BCUT2D eigenvalue weighted by atomic mass is 32.2. The second-order valence-corrected chi connectivity index (χ2v) is 7.40. The third-order valence-electron chi connectivity index (χ3n) is 3.38. The van der Waals surface area contributed by atoms with E-state index >= 15 is 0 Å². The number of hydrogen-bond donors (Lipinski definition) is 1. The minimum atomic E-state index is -3.38. The molecule has 0 atom stereocenters. The SMILES string of the molecule is CN(C)C(C)(C)CNS(=O)(=O)Cc1ccc(C#N)cc1. The Bertz CT molecular complexity index is 584. The summed E-state index contributed by atoms with van der Waals surface area (Å²) in [6, 6.07) is 8.57. The van der Waals surface area contributed by atoms with E-state index in [1.807, 2.05) is 38.9 Å². The lowest BCUT2D eigenvalue weighted by molar-refractivity contribution is 0.199. The maximum absolute atomic E-state index is 12.0. The molecule has 0 amide bonds. The zero-order valence-electron chi connectivity index (χ0n) is 12.3. The standard InChI is InChI=1S/C14H21N3O2S/c1-14(2,17(3)4)11-16-20(18,19)10-13-7-5-12(9-15)6-8-13/h5-8,16H,10-11H2,1-4H3. The zero-order chi connectivity index (χ0) is 15.4. The summed E-state index contributed by atoms with van der Waals surface area (Å²) in [4.78, 5) is 1.97. The van der Waals surface area contributed by atoms with Crippen LogP contribution in [0.15, 0.2) is 24.3 Å². The Morgan fingerprint density at radius 1 is 1.25 bits per heavy atom. The maximum Gasteiger partial charge on any atom is 0.215 e. The summed E-state index contributed by atoms with van der Waals surface area (Å²) in [5.41, 5.74) is 0.935. The monoisotopic (exact) mass is 295 g/mol. The van der Waals surface area contributed by atoms with Gasteiger partial charge in [0.1, 0.15) is 0 Å². The number of nitrogens with one attached hydrogen (secondary N) is 1. The highest BCUT2D eigenvalue weighted by molar-refractivity contribution is 7.88. The van der Waals surface area contributed by atoms with Crippen LogP contribution in [0.3, 0.4) is 0 Å². The van der Waals surface area contributed by atoms with Crippen LogP contribution in [0.25, 0.3) is 0 Å². The van der Waals surface area contributed by atoms with Gasteiger partial charge in [-0.25, -0.2) is 13.1 Å². The second-order valence-electron chi connectivity index (χ2n) is 5.60. The Labute approximate surface area is 121 Å². The molecule has 0 bridgehead atoms. The Kier molecular flexibility index (Phi) is 5.28. The molecule has 0 aromatic heterocycles. The molecule has 6 heteroatoms. The smallest absolute Gasteiger partial charge is 0.215 e. The van der Waals surface area contributed by atoms with E-state index in [4.69, 9.17) is 5.26 Å². The Morgan fingerprint density at radius 3 is 2.25 bits per heavy atom. The molecule has 0 unspecified atom stereocenters. The summed E-state index contributed by atoms with van der Waals surface area (Å²) in [6.07, 6.45) is 0. The maximum atomic E-state index is 12.0. The van der Waals surface area contributed by atoms with Gasteiger partial charge < -0.3 is 4.90 Å². The van der Waals surface area contributed by atoms with Gasteiger partial charge in [-0.15, -0.1) is 0 Å². The molecule has 1 N–H and O–H groups in total. The summed E-state index contributed by atoms with van der Waals surface area (Å²) in [6.45, 7) is 4.28. The van der Waals surface area contributed by atoms with E-state index in [0.29, 0.717) is 17.7 Å². The number of sulfonamides is 1. The van der Waals surface area contributed by atoms with Crippen LogP contribution in [-0.4, -0.2) is 39.5 Å². The predicted octanol–water partition coefficient (Wildman–Crippen LogP) is 1.32. The Balaban J connectivity index is 2.68. The normalized spacial score (nSPS) is 12.4. The fourth-order valence-corrected chi connectivity index (χ4v) is 2.70. The average molecular weight is 295 g/mol. The summed E-state index contributed by atoms with van der Waals surface area (Å²) in [7, 11) is 0.443. The van der Waals surface area contributed by atoms with E-state index in [1.54, 1.807) is 24.3 Å². The first-order valence-electron chi connectivity index (χ1n) is 6.30. The molecule has 0 aliphatic heterocycles. The van der Waals surface area contributed by atoms with Crippen molar-refractivity contribution in [3.05, 3.63) is 35.4 Å². The van der Waals surface area contributed by atoms with Gasteiger partial charge >= 0.3 is 0 Å². The molecule has 0 heterocycles. The van der Waals surface area contributed by atoms with Gasteiger partial charge in [0.15, 0.2) is 0 Å². The molecule has 20 heavy (non-hydrogen) atoms. The largest absolute Gasteiger partial charge is 0.303 e. The molecule has 1 rings (SSSR count). The number of likely N-dealkylation sites (N-methyl/N-ethyl adjacent to an activating group) is 1. The zero-order valence-corrected chi connectivity index (χ0v) is 13.2. The number of benzene rings is 1. The molecule has 110 valence electrons. The van der Waals surface area contributed by atoms with Gasteiger partial charge in [-0.05, 0) is 45.6 Å². The van der Waals surface area contributed by atoms with Gasteiger partial charge in [-0.1, -0.05) is 12.1 Å². The summed E-state index contributed by atoms with van der Waals surface area (Å²) < 4.78 is 26.7. The van der Waals surface area contributed by atoms with E-state index in [2.05, 4.69) is 4.72 Å². The third-order valence-corrected chi connectivity index (χ3v) is 4.67. The van der Waals surface area contributed by atoms with Crippen molar-refractivity contribution in [2.45, 2.75) is 25.1 Å². The topological polar surface area (TPSA) is 73.2 Å². The lowest BCUT2D eigenvalue weighted by Crippen LogP contribution is -2.48. The van der Waals surface area contributed by atoms with Crippen molar-refractivity contribution in [3.8, 4) is 6.07 Å². The van der Waals surface area contributed by atoms with Crippen molar-refractivity contribution in [1.82, 2.24) is 9.62 Å². The molecular weight excluding hydrogens is 274 g/mol. The van der Waals surface area contributed by atoms with E-state index in [9.17, 15) is 8.42 Å². The van der Waals surface area contributed by atoms with E-state index in [1.165, 1.54) is 0 Å². The quantitative estimate of drug-likeness (QED) is 0.859. The number of nitrogens with zero attached hydrogens (tertiary/aromatic N) is 2. The van der Waals surface area contributed by atoms with Crippen LogP contribution in [0, 0.1) is 11.3 Å². The third kappa shape index (κ3) is 4.93. The van der Waals surface area contributed by atoms with Crippen LogP contribution in [-0.2, 0) is 15.8 Å². The molecular formula is C14H21N3O2S. The van der Waals surface area contributed by atoms with Crippen molar-refractivity contribution in [2.75, 3.05) is 20.6 Å². The van der Waals surface area contributed by atoms with E-state index < -0.39 is 10.0 Å². The van der Waals surface area contributed by atoms with Gasteiger partial charge in [0.05, 0.1) is 17.4 Å². The Hall–Kier alpha value is -1.42. The van der Waals surface area contributed by atoms with Gasteiger partial charge in [0, 0.05) is 12.1 Å². The van der Waals surface area contributed by atoms with Crippen molar-refractivity contribution in [2.24, 2.45) is 0 Å². The molecule has 0 radical (unpaired) electrons. The van der Waals surface area contributed by atoms with Crippen molar-refractivity contribution >= 4 is 10.0 Å². The number of hydrogen-bond acceptors (Lipinski definition) is 4. The van der Waals surface area contributed by atoms with Crippen LogP contribution in [0.1, 0.15) is 25.0 Å². The summed E-state index contributed by atoms with van der Waals surface area (Å²) in [5, 5.41) is 8.70. The summed E-state index contributed by atoms with van der Waals surface area (Å²) >= 11 is 0. The highest BCUT2D eigenvalue weighted by Crippen LogP contribution is 2.11. The first-order chi connectivity index (χ1) is 9.16. The molecule has 0 saturated heterocycles. The van der Waals surface area contributed by atoms with Gasteiger partial charge in [0.25, 0.3) is 0 Å². The van der Waals surface area contributed by atoms with Crippen LogP contribution in [0.5, 0.6) is 0 Å². The van der Waals surface area contributed by atoms with Crippen LogP contribution < -0.4 is 4.72 Å². The Morgan fingerprint density at radius 2 is 1.80 bits per heavy atom. The van der Waals surface area contributed by atoms with Crippen molar-refractivity contribution < 1.29 is 8.42 Å². The van der Waals surface area contributed by atoms with Crippen molar-refractivity contribution in [1.29, 1.82) is 5.26 Å². The molecule has 1 aromatic carbocycles. The van der Waals surface area contributed by atoms with Crippen LogP contribution >= 0.6 is 0 Å². The van der Waals surface area contributed by atoms with E-state index in [-0.39, 0.29) is 11.3 Å². The molecule has 0 aliphatic carbocycles. The van der Waals surface area contributed by atoms with Crippen molar-refractivity contribution in [3.63, 3.8) is 0 Å². The molecule has 1 aromatic rings. The second kappa shape index (κ2) is 6.35. The lowest BCUT2D eigenvalue weighted by atomic mass is 10.1. The fraction of sp³-hybridized carbons (Fsp3) is 0.500. The fourth-order valence-electron chi connectivity index (χ4n) is 1.39. The minimum Gasteiger partial charge on any atom is -0.303 e. The first-order valence-corrected chi connectivity index (χ1v) is 7.95. The summed E-state index contributed by atoms with van der Waals surface area (Å²) in [5.74, 6) is -0.0811. The lowest BCUT2D eigenvalue weighted by Gasteiger charge is -2.32. The molecule has 5 nitrogen and oxygen atoms in total. The minimum absolute atomic E-state index is 0.0811. The highest BCUT2D eigenvalue weighted by Gasteiger charge is 2.23. The van der Waals surface area contributed by atoms with Crippen LogP contribution in [0.2, 0.25) is 0 Å². The number of rotatable bonds is 6. The predicted molar refractivity (Wildman–Crippen MR) is 79.5 cm³/mol. The molecule has 0 fully saturated rings. The van der Waals surface area contributed by atoms with Gasteiger partial charge in [0.2, 0.25) is 10.0 Å². The number of nitriles is 1. The molecule has 0 saturated carbocycles. The van der Waals surface area contributed by atoms with E-state index in [0.717, 1.165) is 0 Å². The van der Waals surface area contributed by atoms with Crippen LogP contribution in [0.4, 0.5) is 0 Å². The average Bonchev–Trinajstić information content (AvgIpc) is 2.37. The first kappa shape index (κ1) is 16.6. The van der Waals surface area contributed by atoms with Gasteiger partial charge in [-0.3, -0.25) is 0 Å². The van der Waals surface area contributed by atoms with Gasteiger partial charge in [-0.2, -0.15) is 5.26 Å². The molecule has 0 aliphatic rings. The molecule has 0 spiro atoms.